The van der Waals surface area contributed by atoms with Crippen molar-refractivity contribution < 1.29 is 95.5 Å². The van der Waals surface area contributed by atoms with Gasteiger partial charge in [-0.3, -0.25) is 67.1 Å². The number of esters is 3. The first-order chi connectivity index (χ1) is 45.8. The molecule has 2 unspecified atom stereocenters. The van der Waals surface area contributed by atoms with Crippen LogP contribution >= 0.6 is 23.5 Å². The number of amides is 8. The molecule has 0 aliphatic carbocycles. The molecule has 30 heteroatoms. The minimum atomic E-state index is -1.20. The Labute approximate surface area is 586 Å². The van der Waals surface area contributed by atoms with E-state index in [1.54, 1.807) is 79.7 Å². The van der Waals surface area contributed by atoms with Gasteiger partial charge in [-0.25, -0.2) is 0 Å². The van der Waals surface area contributed by atoms with Crippen LogP contribution in [0.1, 0.15) is 161 Å². The van der Waals surface area contributed by atoms with Crippen LogP contribution in [0.2, 0.25) is 0 Å². The molecule has 98 heavy (non-hydrogen) atoms. The molecule has 0 radical (unpaired) electrons. The summed E-state index contributed by atoms with van der Waals surface area (Å²) in [7, 11) is 0. The molecule has 0 aliphatic rings. The van der Waals surface area contributed by atoms with Crippen LogP contribution in [0, 0.1) is 29.6 Å². The first-order valence-electron chi connectivity index (χ1n) is 33.3. The van der Waals surface area contributed by atoms with Gasteiger partial charge in [0.25, 0.3) is 11.8 Å². The summed E-state index contributed by atoms with van der Waals surface area (Å²) in [4.78, 5) is 178. The van der Waals surface area contributed by atoms with E-state index < -0.39 is 83.3 Å². The van der Waals surface area contributed by atoms with Crippen molar-refractivity contribution in [2.75, 3.05) is 82.3 Å². The summed E-state index contributed by atoms with van der Waals surface area (Å²) in [6.45, 7) is 25.4. The monoisotopic (exact) mass is 1420 g/mol. The molecule has 0 bridgehead atoms. The third kappa shape index (κ3) is 43.3. The van der Waals surface area contributed by atoms with Crippen molar-refractivity contribution >= 4 is 106 Å². The summed E-state index contributed by atoms with van der Waals surface area (Å²) < 4.78 is 33.2. The van der Waals surface area contributed by atoms with Gasteiger partial charge in [-0.15, -0.1) is 11.8 Å². The summed E-state index contributed by atoms with van der Waals surface area (Å²) in [6, 6.07) is 3.24. The number of Topliss-reactive ketones (excluding diaryl/α,β-unsaturated/α-hetero) is 3. The Morgan fingerprint density at radius 3 is 1.66 bits per heavy atom. The summed E-state index contributed by atoms with van der Waals surface area (Å²) in [5.41, 5.74) is -1.26. The minimum Gasteiger partial charge on any atom is -0.484 e. The fourth-order valence-electron chi connectivity index (χ4n) is 8.88. The highest BCUT2D eigenvalue weighted by Crippen LogP contribution is 2.21. The molecule has 0 saturated carbocycles. The van der Waals surface area contributed by atoms with Crippen LogP contribution in [-0.2, 0) is 97.4 Å². The molecule has 0 aliphatic heterocycles. The van der Waals surface area contributed by atoms with E-state index in [0.717, 1.165) is 23.5 Å². The van der Waals surface area contributed by atoms with E-state index in [9.17, 15) is 67.1 Å². The highest BCUT2D eigenvalue weighted by Gasteiger charge is 2.32. The highest BCUT2D eigenvalue weighted by atomic mass is 32.2. The zero-order chi connectivity index (χ0) is 74.1. The number of ketones is 3. The van der Waals surface area contributed by atoms with E-state index >= 15 is 0 Å². The number of carbonyl (C=O) groups is 14. The topological polar surface area (TPSA) is 391 Å². The Balaban J connectivity index is 2.81. The van der Waals surface area contributed by atoms with E-state index in [2.05, 4.69) is 42.5 Å². The number of rotatable bonds is 51. The van der Waals surface area contributed by atoms with Gasteiger partial charge in [-0.05, 0) is 96.3 Å². The molecule has 8 N–H and O–H groups in total. The second-order valence-electron chi connectivity index (χ2n) is 26.8. The van der Waals surface area contributed by atoms with Crippen LogP contribution in [0.25, 0.3) is 0 Å². The van der Waals surface area contributed by atoms with E-state index in [1.807, 2.05) is 34.6 Å². The van der Waals surface area contributed by atoms with Gasteiger partial charge in [0.2, 0.25) is 35.4 Å². The zero-order valence-corrected chi connectivity index (χ0v) is 61.7. The summed E-state index contributed by atoms with van der Waals surface area (Å²) in [5.74, 6) is -7.35. The predicted molar refractivity (Wildman–Crippen MR) is 370 cm³/mol. The lowest BCUT2D eigenvalue weighted by molar-refractivity contribution is -0.161. The van der Waals surface area contributed by atoms with E-state index in [0.29, 0.717) is 17.9 Å². The van der Waals surface area contributed by atoms with Gasteiger partial charge >= 0.3 is 17.9 Å². The number of hydrogen-bond acceptors (Lipinski definition) is 22. The highest BCUT2D eigenvalue weighted by molar-refractivity contribution is 8.00. The van der Waals surface area contributed by atoms with Gasteiger partial charge < -0.3 is 71.0 Å². The number of nitrogens with one attached hydrogen (secondary N) is 8. The second-order valence-corrected chi connectivity index (χ2v) is 28.8. The van der Waals surface area contributed by atoms with E-state index in [-0.39, 0.29) is 198 Å². The fourth-order valence-corrected chi connectivity index (χ4v) is 10.7. The fraction of sp³-hybridized carbons (Fsp3) is 0.706. The molecule has 1 aromatic carbocycles. The van der Waals surface area contributed by atoms with Crippen LogP contribution in [0.15, 0.2) is 24.3 Å². The molecule has 0 saturated heterocycles. The number of thioether (sulfide) groups is 2. The van der Waals surface area contributed by atoms with Crippen LogP contribution in [0.3, 0.4) is 0 Å². The molecular weight excluding hydrogens is 1310 g/mol. The molecule has 1 rings (SSSR count). The molecule has 0 heterocycles. The molecule has 6 atom stereocenters. The molecule has 28 nitrogen and oxygen atoms in total. The standard InChI is InChI=1S/C68H110N8O20S2/c1-42(2)29-55(79)52(73-47(9)77)22-23-62(86)94-37-59(83)75-53(17-16-24-69-60(84)41-98-39-54(74-48(10)78)56(80)30-43(3)4)65(89)71-26-25-70-61(85)40-97-38-50(32-63(87)96-67(11,12)13)66(90)95-35-49-18-20-51(21-19-49)93-36-58(82)72-46(8)34-92-28-27-91-33-45(7)31-57(81)68(14,15)76-64(88)44(5)6/h18-21,42-46,50,52-54H,16-17,22-41H2,1-15H3,(H,69,84)(H,70,85)(H,71,89)(H,72,82)(H,73,77)(H,74,78)(H,75,83)(H,76,88)/t45?,46?,50-,52-,53-,54-/m0/s1. The lowest BCUT2D eigenvalue weighted by Crippen LogP contribution is -2.51. The maximum Gasteiger partial charge on any atom is 0.310 e. The van der Waals surface area contributed by atoms with Gasteiger partial charge in [0, 0.05) is 89.2 Å². The van der Waals surface area contributed by atoms with Gasteiger partial charge in [0.05, 0.1) is 61.3 Å². The quantitative estimate of drug-likeness (QED) is 0.0261. The summed E-state index contributed by atoms with van der Waals surface area (Å²) in [5, 5.41) is 21.3. The Morgan fingerprint density at radius 1 is 0.531 bits per heavy atom. The lowest BCUT2D eigenvalue weighted by atomic mass is 9.91. The van der Waals surface area contributed by atoms with Gasteiger partial charge in [-0.1, -0.05) is 60.6 Å². The molecule has 0 spiro atoms. The van der Waals surface area contributed by atoms with Crippen molar-refractivity contribution in [3.63, 3.8) is 0 Å². The van der Waals surface area contributed by atoms with Crippen LogP contribution in [-0.4, -0.2) is 200 Å². The Kier molecular flexibility index (Phi) is 43.3. The van der Waals surface area contributed by atoms with Crippen molar-refractivity contribution in [2.24, 2.45) is 29.6 Å². The average Bonchev–Trinajstić information content (AvgIpc) is 0.878. The summed E-state index contributed by atoms with van der Waals surface area (Å²) in [6.07, 6.45) is 0.148. The molecular formula is C68H110N8O20S2. The predicted octanol–water partition coefficient (Wildman–Crippen LogP) is 3.78. The first kappa shape index (κ1) is 88.8. The molecule has 0 fully saturated rings. The zero-order valence-electron chi connectivity index (χ0n) is 60.0. The smallest absolute Gasteiger partial charge is 0.310 e. The third-order valence-corrected chi connectivity index (χ3v) is 15.9. The molecule has 554 valence electrons. The van der Waals surface area contributed by atoms with Crippen molar-refractivity contribution in [1.29, 1.82) is 0 Å². The average molecular weight is 1420 g/mol. The largest absolute Gasteiger partial charge is 0.484 e. The third-order valence-electron chi connectivity index (χ3n) is 13.8. The van der Waals surface area contributed by atoms with E-state index in [1.165, 1.54) is 13.8 Å². The summed E-state index contributed by atoms with van der Waals surface area (Å²) >= 11 is 2.22. The van der Waals surface area contributed by atoms with Crippen molar-refractivity contribution in [1.82, 2.24) is 42.5 Å². The maximum absolute atomic E-state index is 13.5. The number of ether oxygens (including phenoxy) is 6. The molecule has 8 amide bonds. The van der Waals surface area contributed by atoms with Gasteiger partial charge in [-0.2, -0.15) is 11.8 Å². The first-order valence-corrected chi connectivity index (χ1v) is 35.6. The Hall–Kier alpha value is -7.18. The van der Waals surface area contributed by atoms with Crippen LogP contribution in [0.4, 0.5) is 0 Å². The van der Waals surface area contributed by atoms with Gasteiger partial charge in [0.15, 0.2) is 30.6 Å². The lowest BCUT2D eigenvalue weighted by Gasteiger charge is -2.27. The van der Waals surface area contributed by atoms with Crippen molar-refractivity contribution in [3.05, 3.63) is 29.8 Å². The SMILES string of the molecule is CC(=O)N[C@@H](CCC(=O)OCC(=O)N[C@@H](CCCNC(=O)CSC[C@H](NC(C)=O)C(=O)CC(C)C)C(=O)NCCNC(=O)CSC[C@H](CC(=O)OC(C)(C)C)C(=O)OCc1ccc(OCC(=O)NC(C)COCCOCC(C)CC(=O)C(C)(C)NC(=O)C(C)C)cc1)C(=O)CC(C)C. The maximum atomic E-state index is 13.5. The number of hydrogen-bond donors (Lipinski definition) is 8. The van der Waals surface area contributed by atoms with Crippen molar-refractivity contribution in [3.8, 4) is 5.75 Å². The second kappa shape index (κ2) is 47.7. The number of benzene rings is 1. The molecule has 0 aromatic heterocycles. The Bertz CT molecular complexity index is 2760. The normalized spacial score (nSPS) is 13.3. The Morgan fingerprint density at radius 2 is 1.08 bits per heavy atom. The van der Waals surface area contributed by atoms with Crippen LogP contribution < -0.4 is 47.3 Å². The van der Waals surface area contributed by atoms with E-state index in [4.69, 9.17) is 28.4 Å². The minimum absolute atomic E-state index is 0.00132. The van der Waals surface area contributed by atoms with Crippen LogP contribution in [0.5, 0.6) is 5.75 Å². The van der Waals surface area contributed by atoms with Gasteiger partial charge in [0.1, 0.15) is 24.0 Å². The van der Waals surface area contributed by atoms with Crippen molar-refractivity contribution in [2.45, 2.75) is 197 Å². The molecule has 1 aromatic rings. The number of carbonyl (C=O) groups excluding carboxylic acids is 14.